The molecule has 1 saturated heterocycles. The molecule has 1 heterocycles. The number of nitrogens with zero attached hydrogens (tertiary/aromatic N) is 1. The topological polar surface area (TPSA) is 41.6 Å². The standard InChI is InChI=1S/C24H32N2O2.2ClH/c1-3-28-23(20-10-6-4-7-11-20)16-22-17-25-14-15-26(22)18-19(2)24(27)21-12-8-5-9-13-21;;/h4-13,19,22-23,25H,3,14-18H2,1-2H3;2*1H. The number of carbonyl (C=O) groups is 1. The van der Waals surface area contributed by atoms with Crippen LogP contribution < -0.4 is 5.32 Å². The van der Waals surface area contributed by atoms with Gasteiger partial charge in [-0.3, -0.25) is 9.69 Å². The van der Waals surface area contributed by atoms with Gasteiger partial charge in [-0.2, -0.15) is 0 Å². The maximum Gasteiger partial charge on any atom is 0.166 e. The molecule has 30 heavy (non-hydrogen) atoms. The van der Waals surface area contributed by atoms with Crippen LogP contribution in [0.4, 0.5) is 0 Å². The fourth-order valence-electron chi connectivity index (χ4n) is 4.01. The van der Waals surface area contributed by atoms with Crippen LogP contribution in [0.3, 0.4) is 0 Å². The number of piperazine rings is 1. The minimum atomic E-state index is -0.0229. The predicted molar refractivity (Wildman–Crippen MR) is 128 cm³/mol. The summed E-state index contributed by atoms with van der Waals surface area (Å²) in [5.74, 6) is 0.201. The van der Waals surface area contributed by atoms with Gasteiger partial charge in [-0.15, -0.1) is 24.8 Å². The highest BCUT2D eigenvalue weighted by molar-refractivity contribution is 5.97. The molecule has 1 aliphatic heterocycles. The molecule has 3 atom stereocenters. The third-order valence-corrected chi connectivity index (χ3v) is 5.51. The first-order valence-electron chi connectivity index (χ1n) is 10.4. The zero-order chi connectivity index (χ0) is 19.8. The van der Waals surface area contributed by atoms with Crippen LogP contribution in [0.1, 0.15) is 42.3 Å². The number of hydrogen-bond donors (Lipinski definition) is 1. The van der Waals surface area contributed by atoms with Crippen molar-refractivity contribution in [1.29, 1.82) is 0 Å². The van der Waals surface area contributed by atoms with Gasteiger partial charge in [-0.25, -0.2) is 0 Å². The van der Waals surface area contributed by atoms with E-state index in [9.17, 15) is 4.79 Å². The van der Waals surface area contributed by atoms with Crippen LogP contribution in [0, 0.1) is 5.92 Å². The second-order valence-electron chi connectivity index (χ2n) is 7.57. The monoisotopic (exact) mass is 452 g/mol. The molecule has 0 radical (unpaired) electrons. The first-order chi connectivity index (χ1) is 13.7. The first kappa shape index (κ1) is 26.6. The van der Waals surface area contributed by atoms with Gasteiger partial charge < -0.3 is 10.1 Å². The predicted octanol–water partition coefficient (Wildman–Crippen LogP) is 4.79. The number of halogens is 2. The van der Waals surface area contributed by atoms with E-state index in [1.807, 2.05) is 50.2 Å². The van der Waals surface area contributed by atoms with Gasteiger partial charge in [0.05, 0.1) is 6.10 Å². The van der Waals surface area contributed by atoms with Gasteiger partial charge in [0.15, 0.2) is 5.78 Å². The summed E-state index contributed by atoms with van der Waals surface area (Å²) in [6.07, 6.45) is 1.01. The van der Waals surface area contributed by atoms with E-state index in [2.05, 4.69) is 34.5 Å². The van der Waals surface area contributed by atoms with Gasteiger partial charge in [0.2, 0.25) is 0 Å². The SMILES string of the molecule is CCOC(CC1CNCCN1CC(C)C(=O)c1ccccc1)c1ccccc1.Cl.Cl. The van der Waals surface area contributed by atoms with Gasteiger partial charge >= 0.3 is 0 Å². The molecule has 3 rings (SSSR count). The molecule has 0 aromatic heterocycles. The molecule has 1 N–H and O–H groups in total. The smallest absolute Gasteiger partial charge is 0.166 e. The lowest BCUT2D eigenvalue weighted by atomic mass is 9.95. The Hall–Kier alpha value is -1.43. The van der Waals surface area contributed by atoms with Crippen molar-refractivity contribution in [3.05, 3.63) is 71.8 Å². The van der Waals surface area contributed by atoms with Crippen LogP contribution in [-0.2, 0) is 4.74 Å². The Labute approximate surface area is 193 Å². The fraction of sp³-hybridized carbons (Fsp3) is 0.458. The van der Waals surface area contributed by atoms with Crippen LogP contribution in [0.2, 0.25) is 0 Å². The number of benzene rings is 2. The average Bonchev–Trinajstić information content (AvgIpc) is 2.75. The van der Waals surface area contributed by atoms with E-state index < -0.39 is 0 Å². The molecule has 0 aliphatic carbocycles. The lowest BCUT2D eigenvalue weighted by Gasteiger charge is -2.39. The van der Waals surface area contributed by atoms with Gasteiger partial charge in [0, 0.05) is 50.3 Å². The second-order valence-corrected chi connectivity index (χ2v) is 7.57. The number of rotatable bonds is 9. The molecule has 0 spiro atoms. The van der Waals surface area contributed by atoms with E-state index in [1.165, 1.54) is 5.56 Å². The highest BCUT2D eigenvalue weighted by atomic mass is 35.5. The molecule has 2 aromatic rings. The average molecular weight is 453 g/mol. The lowest BCUT2D eigenvalue weighted by Crippen LogP contribution is -2.53. The van der Waals surface area contributed by atoms with Crippen molar-refractivity contribution in [3.63, 3.8) is 0 Å². The second kappa shape index (κ2) is 13.8. The van der Waals surface area contributed by atoms with Gasteiger partial charge in [-0.05, 0) is 18.9 Å². The normalized spacial score (nSPS) is 18.5. The van der Waals surface area contributed by atoms with E-state index in [1.54, 1.807) is 0 Å². The van der Waals surface area contributed by atoms with Crippen LogP contribution in [-0.4, -0.2) is 49.5 Å². The molecule has 1 aliphatic rings. The van der Waals surface area contributed by atoms with Crippen molar-refractivity contribution in [2.45, 2.75) is 32.4 Å². The first-order valence-corrected chi connectivity index (χ1v) is 10.4. The molecule has 1 fully saturated rings. The minimum Gasteiger partial charge on any atom is -0.374 e. The zero-order valence-electron chi connectivity index (χ0n) is 17.8. The number of hydrogen-bond acceptors (Lipinski definition) is 4. The van der Waals surface area contributed by atoms with Crippen molar-refractivity contribution in [3.8, 4) is 0 Å². The zero-order valence-corrected chi connectivity index (χ0v) is 19.5. The molecule has 0 bridgehead atoms. The van der Waals surface area contributed by atoms with Crippen LogP contribution in [0.5, 0.6) is 0 Å². The highest BCUT2D eigenvalue weighted by Gasteiger charge is 2.29. The van der Waals surface area contributed by atoms with Crippen molar-refractivity contribution < 1.29 is 9.53 Å². The molecule has 6 heteroatoms. The number of ether oxygens (including phenoxy) is 1. The van der Waals surface area contributed by atoms with E-state index in [4.69, 9.17) is 4.74 Å². The highest BCUT2D eigenvalue weighted by Crippen LogP contribution is 2.26. The van der Waals surface area contributed by atoms with E-state index in [0.29, 0.717) is 12.6 Å². The third kappa shape index (κ3) is 7.36. The molecular formula is C24H34Cl2N2O2. The Balaban J connectivity index is 0.00000225. The van der Waals surface area contributed by atoms with Crippen LogP contribution >= 0.6 is 24.8 Å². The number of Topliss-reactive ketones (excluding diaryl/α,β-unsaturated/α-hetero) is 1. The van der Waals surface area contributed by atoms with E-state index in [0.717, 1.165) is 38.2 Å². The number of carbonyl (C=O) groups excluding carboxylic acids is 1. The fourth-order valence-corrected chi connectivity index (χ4v) is 4.01. The largest absolute Gasteiger partial charge is 0.374 e. The summed E-state index contributed by atoms with van der Waals surface area (Å²) in [4.78, 5) is 15.3. The third-order valence-electron chi connectivity index (χ3n) is 5.51. The molecule has 166 valence electrons. The van der Waals surface area contributed by atoms with Crippen molar-refractivity contribution >= 4 is 30.6 Å². The van der Waals surface area contributed by atoms with Crippen molar-refractivity contribution in [1.82, 2.24) is 10.2 Å². The Kier molecular flexibility index (Phi) is 12.2. The summed E-state index contributed by atoms with van der Waals surface area (Å²) in [5.41, 5.74) is 2.03. The summed E-state index contributed by atoms with van der Waals surface area (Å²) >= 11 is 0. The summed E-state index contributed by atoms with van der Waals surface area (Å²) in [6, 6.07) is 20.5. The Morgan fingerprint density at radius 1 is 1.10 bits per heavy atom. The molecular weight excluding hydrogens is 419 g/mol. The summed E-state index contributed by atoms with van der Waals surface area (Å²) < 4.78 is 6.08. The molecule has 3 unspecified atom stereocenters. The molecule has 0 saturated carbocycles. The maximum absolute atomic E-state index is 12.8. The Morgan fingerprint density at radius 2 is 1.73 bits per heavy atom. The van der Waals surface area contributed by atoms with Gasteiger partial charge in [0.1, 0.15) is 0 Å². The molecule has 4 nitrogen and oxygen atoms in total. The molecule has 2 aromatic carbocycles. The van der Waals surface area contributed by atoms with Crippen LogP contribution in [0.15, 0.2) is 60.7 Å². The van der Waals surface area contributed by atoms with Gasteiger partial charge in [-0.1, -0.05) is 67.6 Å². The van der Waals surface area contributed by atoms with E-state index in [-0.39, 0.29) is 42.6 Å². The summed E-state index contributed by atoms with van der Waals surface area (Å²) in [6.45, 7) is 8.44. The summed E-state index contributed by atoms with van der Waals surface area (Å²) in [7, 11) is 0. The molecule has 0 amide bonds. The summed E-state index contributed by atoms with van der Waals surface area (Å²) in [5, 5.41) is 3.52. The lowest BCUT2D eigenvalue weighted by molar-refractivity contribution is 0.0221. The number of ketones is 1. The van der Waals surface area contributed by atoms with Crippen molar-refractivity contribution in [2.75, 3.05) is 32.8 Å². The van der Waals surface area contributed by atoms with E-state index >= 15 is 0 Å². The quantitative estimate of drug-likeness (QED) is 0.555. The maximum atomic E-state index is 12.8. The number of nitrogens with one attached hydrogen (secondary N) is 1. The Morgan fingerprint density at radius 3 is 2.37 bits per heavy atom. The van der Waals surface area contributed by atoms with Crippen molar-refractivity contribution in [2.24, 2.45) is 5.92 Å². The Bertz CT molecular complexity index is 731. The van der Waals surface area contributed by atoms with Crippen LogP contribution in [0.25, 0.3) is 0 Å². The van der Waals surface area contributed by atoms with Gasteiger partial charge in [0.25, 0.3) is 0 Å². The minimum absolute atomic E-state index is 0.